The van der Waals surface area contributed by atoms with E-state index in [0.29, 0.717) is 5.75 Å². The third-order valence-corrected chi connectivity index (χ3v) is 3.80. The number of benzene rings is 1. The van der Waals surface area contributed by atoms with E-state index in [0.717, 1.165) is 12.3 Å². The Bertz CT molecular complexity index is 424. The highest BCUT2D eigenvalue weighted by Gasteiger charge is 2.21. The number of hydrogen-bond donors (Lipinski definition) is 2. The smallest absolute Gasteiger partial charge is 0.242 e. The van der Waals surface area contributed by atoms with Gasteiger partial charge in [-0.15, -0.1) is 0 Å². The van der Waals surface area contributed by atoms with Gasteiger partial charge < -0.3 is 10.6 Å². The first kappa shape index (κ1) is 12.7. The van der Waals surface area contributed by atoms with Crippen LogP contribution in [0.15, 0.2) is 18.2 Å². The maximum absolute atomic E-state index is 13.6. The lowest BCUT2D eigenvalue weighted by atomic mass is 10.2. The quantitative estimate of drug-likeness (QED) is 0.868. The number of halogens is 2. The van der Waals surface area contributed by atoms with Crippen molar-refractivity contribution in [3.8, 4) is 0 Å². The van der Waals surface area contributed by atoms with E-state index in [1.54, 1.807) is 17.8 Å². The minimum atomic E-state index is -0.592. The molecule has 6 heteroatoms. The Morgan fingerprint density at radius 1 is 1.59 bits per heavy atom. The van der Waals surface area contributed by atoms with Gasteiger partial charge in [0.05, 0.1) is 16.8 Å². The Kier molecular flexibility index (Phi) is 4.25. The number of nitrogens with one attached hydrogen (secondary N) is 2. The highest BCUT2D eigenvalue weighted by Crippen LogP contribution is 2.22. The van der Waals surface area contributed by atoms with Gasteiger partial charge in [-0.25, -0.2) is 4.39 Å². The van der Waals surface area contributed by atoms with Crippen molar-refractivity contribution >= 4 is 35.0 Å². The molecule has 3 nitrogen and oxygen atoms in total. The summed E-state index contributed by atoms with van der Waals surface area (Å²) in [5, 5.41) is 5.64. The van der Waals surface area contributed by atoms with Crippen LogP contribution in [0.3, 0.4) is 0 Å². The first-order chi connectivity index (χ1) is 8.18. The van der Waals surface area contributed by atoms with Crippen molar-refractivity contribution in [1.29, 1.82) is 0 Å². The molecule has 2 N–H and O–H groups in total. The van der Waals surface area contributed by atoms with E-state index in [1.165, 1.54) is 12.1 Å². The van der Waals surface area contributed by atoms with Crippen LogP contribution in [-0.2, 0) is 4.79 Å². The van der Waals surface area contributed by atoms with Gasteiger partial charge in [-0.2, -0.15) is 11.8 Å². The molecule has 17 heavy (non-hydrogen) atoms. The second-order valence-corrected chi connectivity index (χ2v) is 5.23. The van der Waals surface area contributed by atoms with Crippen LogP contribution in [0.2, 0.25) is 5.02 Å². The average molecular weight is 275 g/mol. The fourth-order valence-corrected chi connectivity index (χ4v) is 2.66. The summed E-state index contributed by atoms with van der Waals surface area (Å²) in [6.07, 6.45) is 0. The molecule has 1 fully saturated rings. The van der Waals surface area contributed by atoms with Crippen molar-refractivity contribution in [2.75, 3.05) is 23.4 Å². The molecule has 0 radical (unpaired) electrons. The predicted molar refractivity (Wildman–Crippen MR) is 69.2 cm³/mol. The Morgan fingerprint density at radius 2 is 2.41 bits per heavy atom. The largest absolute Gasteiger partial charge is 0.322 e. The summed E-state index contributed by atoms with van der Waals surface area (Å²) in [6, 6.07) is 4.27. The van der Waals surface area contributed by atoms with E-state index in [4.69, 9.17) is 11.6 Å². The lowest BCUT2D eigenvalue weighted by molar-refractivity contribution is -0.117. The Balaban J connectivity index is 2.04. The molecule has 1 aromatic rings. The van der Waals surface area contributed by atoms with Gasteiger partial charge in [-0.05, 0) is 12.1 Å². The third-order valence-electron chi connectivity index (χ3n) is 2.45. The Labute approximate surface area is 108 Å². The van der Waals surface area contributed by atoms with Gasteiger partial charge in [0.2, 0.25) is 5.91 Å². The topological polar surface area (TPSA) is 41.1 Å². The van der Waals surface area contributed by atoms with Crippen LogP contribution in [0.1, 0.15) is 0 Å². The van der Waals surface area contributed by atoms with Crippen LogP contribution in [0.4, 0.5) is 10.1 Å². The zero-order chi connectivity index (χ0) is 12.3. The maximum Gasteiger partial charge on any atom is 0.242 e. The zero-order valence-corrected chi connectivity index (χ0v) is 10.6. The molecule has 1 saturated heterocycles. The van der Waals surface area contributed by atoms with E-state index in [2.05, 4.69) is 10.6 Å². The number of amides is 1. The van der Waals surface area contributed by atoms with Crippen molar-refractivity contribution in [2.24, 2.45) is 0 Å². The number of thioether (sulfide) groups is 1. The first-order valence-electron chi connectivity index (χ1n) is 5.24. The molecule has 0 bridgehead atoms. The molecule has 1 atom stereocenters. The molecule has 1 heterocycles. The van der Waals surface area contributed by atoms with E-state index in [9.17, 15) is 9.18 Å². The Hall–Kier alpha value is -0.780. The first-order valence-corrected chi connectivity index (χ1v) is 6.78. The SMILES string of the molecule is O=C(Nc1cccc(Cl)c1F)C1CSCCN1. The normalized spacial score (nSPS) is 20.0. The molecule has 0 saturated carbocycles. The average Bonchev–Trinajstić information content (AvgIpc) is 2.36. The van der Waals surface area contributed by atoms with Gasteiger partial charge >= 0.3 is 0 Å². The highest BCUT2D eigenvalue weighted by atomic mass is 35.5. The van der Waals surface area contributed by atoms with Gasteiger partial charge in [0.1, 0.15) is 0 Å². The number of carbonyl (C=O) groups is 1. The lowest BCUT2D eigenvalue weighted by Gasteiger charge is -2.22. The van der Waals surface area contributed by atoms with Crippen molar-refractivity contribution < 1.29 is 9.18 Å². The second kappa shape index (κ2) is 5.71. The molecule has 1 aromatic carbocycles. The van der Waals surface area contributed by atoms with Crippen LogP contribution < -0.4 is 10.6 Å². The second-order valence-electron chi connectivity index (χ2n) is 3.67. The predicted octanol–water partition coefficient (Wildman–Crippen LogP) is 2.12. The number of anilines is 1. The molecular weight excluding hydrogens is 263 g/mol. The molecule has 0 spiro atoms. The van der Waals surface area contributed by atoms with Gasteiger partial charge in [-0.1, -0.05) is 17.7 Å². The van der Waals surface area contributed by atoms with Gasteiger partial charge in [0.15, 0.2) is 5.82 Å². The fraction of sp³-hybridized carbons (Fsp3) is 0.364. The molecule has 1 amide bonds. The van der Waals surface area contributed by atoms with Crippen molar-refractivity contribution in [1.82, 2.24) is 5.32 Å². The minimum absolute atomic E-state index is 0.00813. The summed E-state index contributed by atoms with van der Waals surface area (Å²) < 4.78 is 13.6. The molecule has 1 aliphatic rings. The number of carbonyl (C=O) groups excluding carboxylic acids is 1. The van der Waals surface area contributed by atoms with E-state index in [1.807, 2.05) is 0 Å². The molecule has 1 unspecified atom stereocenters. The molecule has 1 aliphatic heterocycles. The number of hydrogen-bond acceptors (Lipinski definition) is 3. The summed E-state index contributed by atoms with van der Waals surface area (Å²) in [6.45, 7) is 0.792. The summed E-state index contributed by atoms with van der Waals surface area (Å²) in [5.74, 6) is 0.882. The molecule has 92 valence electrons. The molecule has 2 rings (SSSR count). The van der Waals surface area contributed by atoms with Crippen LogP contribution in [0.5, 0.6) is 0 Å². The zero-order valence-electron chi connectivity index (χ0n) is 9.00. The Morgan fingerprint density at radius 3 is 3.12 bits per heavy atom. The third kappa shape index (κ3) is 3.12. The van der Waals surface area contributed by atoms with Gasteiger partial charge in [0.25, 0.3) is 0 Å². The summed E-state index contributed by atoms with van der Waals surface area (Å²) >= 11 is 7.34. The minimum Gasteiger partial charge on any atom is -0.322 e. The highest BCUT2D eigenvalue weighted by molar-refractivity contribution is 7.99. The molecule has 0 aromatic heterocycles. The summed E-state index contributed by atoms with van der Waals surface area (Å²) in [5.41, 5.74) is 0.125. The van der Waals surface area contributed by atoms with Crippen molar-refractivity contribution in [3.63, 3.8) is 0 Å². The monoisotopic (exact) mass is 274 g/mol. The van der Waals surface area contributed by atoms with Crippen LogP contribution in [0, 0.1) is 5.82 Å². The van der Waals surface area contributed by atoms with E-state index >= 15 is 0 Å². The van der Waals surface area contributed by atoms with Crippen molar-refractivity contribution in [3.05, 3.63) is 29.0 Å². The van der Waals surface area contributed by atoms with Crippen LogP contribution in [0.25, 0.3) is 0 Å². The van der Waals surface area contributed by atoms with Crippen molar-refractivity contribution in [2.45, 2.75) is 6.04 Å². The van der Waals surface area contributed by atoms with Gasteiger partial charge in [0, 0.05) is 18.1 Å². The number of rotatable bonds is 2. The van der Waals surface area contributed by atoms with Gasteiger partial charge in [-0.3, -0.25) is 4.79 Å². The van der Waals surface area contributed by atoms with E-state index < -0.39 is 5.82 Å². The maximum atomic E-state index is 13.6. The van der Waals surface area contributed by atoms with E-state index in [-0.39, 0.29) is 22.7 Å². The standard InChI is InChI=1S/C11H12ClFN2OS/c12-7-2-1-3-8(10(7)13)15-11(16)9-6-17-5-4-14-9/h1-3,9,14H,4-6H2,(H,15,16). The lowest BCUT2D eigenvalue weighted by Crippen LogP contribution is -2.46. The summed E-state index contributed by atoms with van der Waals surface area (Å²) in [4.78, 5) is 11.8. The molecule has 0 aliphatic carbocycles. The van der Waals surface area contributed by atoms with Crippen LogP contribution >= 0.6 is 23.4 Å². The molecular formula is C11H12ClFN2OS. The summed E-state index contributed by atoms with van der Waals surface area (Å²) in [7, 11) is 0. The van der Waals surface area contributed by atoms with Crippen LogP contribution in [-0.4, -0.2) is 30.0 Å². The fourth-order valence-electron chi connectivity index (χ4n) is 1.55.